The molecule has 1 fully saturated rings. The molecule has 118 valence electrons. The molecule has 2 unspecified atom stereocenters. The van der Waals surface area contributed by atoms with Crippen LogP contribution in [0, 0.1) is 0 Å². The van der Waals surface area contributed by atoms with Gasteiger partial charge >= 0.3 is 0 Å². The third-order valence-electron chi connectivity index (χ3n) is 3.11. The molecule has 0 spiro atoms. The first-order valence-electron chi connectivity index (χ1n) is 6.55. The maximum Gasteiger partial charge on any atom is 0.239 e. The van der Waals surface area contributed by atoms with Crippen molar-refractivity contribution in [3.63, 3.8) is 0 Å². The Morgan fingerprint density at radius 1 is 1.55 bits per heavy atom. The largest absolute Gasteiger partial charge is 0.394 e. The van der Waals surface area contributed by atoms with E-state index in [1.54, 1.807) is 0 Å². The second-order valence-electron chi connectivity index (χ2n) is 5.93. The fourth-order valence-electron chi connectivity index (χ4n) is 2.26. The van der Waals surface area contributed by atoms with Gasteiger partial charge in [0, 0.05) is 19.3 Å². The van der Waals surface area contributed by atoms with Crippen LogP contribution >= 0.6 is 0 Å². The van der Waals surface area contributed by atoms with Gasteiger partial charge in [-0.3, -0.25) is 4.79 Å². The minimum absolute atomic E-state index is 0.0965. The van der Waals surface area contributed by atoms with E-state index < -0.39 is 27.6 Å². The van der Waals surface area contributed by atoms with Gasteiger partial charge in [-0.15, -0.1) is 0 Å². The highest BCUT2D eigenvalue weighted by molar-refractivity contribution is 7.90. The molecule has 1 heterocycles. The van der Waals surface area contributed by atoms with E-state index >= 15 is 0 Å². The second-order valence-corrected chi connectivity index (χ2v) is 8.19. The molecule has 0 bridgehead atoms. The van der Waals surface area contributed by atoms with Crippen LogP contribution in [-0.4, -0.2) is 73.8 Å². The average Bonchev–Trinajstić information content (AvgIpc) is 2.32. The van der Waals surface area contributed by atoms with Gasteiger partial charge in [0.15, 0.2) is 0 Å². The summed E-state index contributed by atoms with van der Waals surface area (Å²) >= 11 is 0. The van der Waals surface area contributed by atoms with E-state index in [1.807, 2.05) is 13.8 Å². The molecular formula is C12H24N2O5S. The molecule has 0 aromatic heterocycles. The Hall–Kier alpha value is -0.700. The van der Waals surface area contributed by atoms with Crippen molar-refractivity contribution >= 4 is 15.7 Å². The monoisotopic (exact) mass is 308 g/mol. The van der Waals surface area contributed by atoms with E-state index in [4.69, 9.17) is 10.5 Å². The van der Waals surface area contributed by atoms with Gasteiger partial charge in [-0.05, 0) is 20.3 Å². The number of nitrogens with zero attached hydrogens (tertiary/aromatic N) is 1. The number of hydrogen-bond donors (Lipinski definition) is 2. The van der Waals surface area contributed by atoms with Gasteiger partial charge in [-0.2, -0.15) is 0 Å². The lowest BCUT2D eigenvalue weighted by atomic mass is 10.0. The van der Waals surface area contributed by atoms with E-state index in [2.05, 4.69) is 0 Å². The van der Waals surface area contributed by atoms with E-state index in [-0.39, 0.29) is 31.2 Å². The van der Waals surface area contributed by atoms with Crippen LogP contribution in [0.3, 0.4) is 0 Å². The Labute approximate surface area is 120 Å². The number of carbonyl (C=O) groups excluding carboxylic acids is 1. The molecule has 0 aromatic rings. The van der Waals surface area contributed by atoms with Gasteiger partial charge in [-0.1, -0.05) is 0 Å². The number of hydrogen-bond acceptors (Lipinski definition) is 6. The molecule has 8 heteroatoms. The zero-order chi connectivity index (χ0) is 15.6. The summed E-state index contributed by atoms with van der Waals surface area (Å²) in [6.07, 6.45) is 0.771. The van der Waals surface area contributed by atoms with Gasteiger partial charge in [-0.25, -0.2) is 8.42 Å². The number of aliphatic hydroxyl groups is 1. The first-order valence-corrected chi connectivity index (χ1v) is 8.61. The van der Waals surface area contributed by atoms with Gasteiger partial charge in [0.05, 0.1) is 30.1 Å². The van der Waals surface area contributed by atoms with Crippen LogP contribution in [-0.2, 0) is 19.4 Å². The van der Waals surface area contributed by atoms with Gasteiger partial charge in [0.1, 0.15) is 9.84 Å². The predicted octanol–water partition coefficient (Wildman–Crippen LogP) is -1.25. The van der Waals surface area contributed by atoms with Crippen LogP contribution in [0.4, 0.5) is 0 Å². The number of aliphatic hydroxyl groups excluding tert-OH is 1. The lowest BCUT2D eigenvalue weighted by molar-refractivity contribution is -0.167. The average molecular weight is 308 g/mol. The van der Waals surface area contributed by atoms with Crippen molar-refractivity contribution in [2.24, 2.45) is 5.73 Å². The van der Waals surface area contributed by atoms with Crippen molar-refractivity contribution in [1.29, 1.82) is 0 Å². The Bertz CT molecular complexity index is 449. The first-order chi connectivity index (χ1) is 9.04. The number of ether oxygens (including phenoxy) is 1. The molecular weight excluding hydrogens is 284 g/mol. The molecule has 20 heavy (non-hydrogen) atoms. The maximum absolute atomic E-state index is 12.2. The predicted molar refractivity (Wildman–Crippen MR) is 74.9 cm³/mol. The Morgan fingerprint density at radius 2 is 2.15 bits per heavy atom. The molecule has 0 aromatic carbocycles. The van der Waals surface area contributed by atoms with Crippen LogP contribution in [0.25, 0.3) is 0 Å². The number of sulfone groups is 1. The van der Waals surface area contributed by atoms with Crippen LogP contribution in [0.5, 0.6) is 0 Å². The van der Waals surface area contributed by atoms with Gasteiger partial charge in [0.25, 0.3) is 0 Å². The summed E-state index contributed by atoms with van der Waals surface area (Å²) in [7, 11) is -3.14. The molecule has 1 saturated heterocycles. The van der Waals surface area contributed by atoms with Crippen molar-refractivity contribution < 1.29 is 23.1 Å². The molecule has 1 aliphatic heterocycles. The van der Waals surface area contributed by atoms with E-state index in [9.17, 15) is 18.3 Å². The summed E-state index contributed by atoms with van der Waals surface area (Å²) in [6.45, 7) is 4.13. The van der Waals surface area contributed by atoms with Crippen molar-refractivity contribution in [2.75, 3.05) is 31.7 Å². The highest BCUT2D eigenvalue weighted by atomic mass is 32.2. The van der Waals surface area contributed by atoms with Crippen molar-refractivity contribution in [3.8, 4) is 0 Å². The normalized spacial score (nSPS) is 24.4. The number of amides is 1. The smallest absolute Gasteiger partial charge is 0.239 e. The molecule has 2 atom stereocenters. The van der Waals surface area contributed by atoms with E-state index in [1.165, 1.54) is 4.90 Å². The van der Waals surface area contributed by atoms with Crippen LogP contribution < -0.4 is 5.73 Å². The number of rotatable bonds is 5. The highest BCUT2D eigenvalue weighted by Crippen LogP contribution is 2.21. The van der Waals surface area contributed by atoms with Gasteiger partial charge < -0.3 is 20.5 Å². The fraction of sp³-hybridized carbons (Fsp3) is 0.917. The summed E-state index contributed by atoms with van der Waals surface area (Å²) in [5.41, 5.74) is 5.21. The molecule has 1 amide bonds. The summed E-state index contributed by atoms with van der Waals surface area (Å²) in [5, 5.41) is 9.20. The molecule has 1 aliphatic rings. The topological polar surface area (TPSA) is 110 Å². The van der Waals surface area contributed by atoms with Gasteiger partial charge in [0.2, 0.25) is 5.91 Å². The Morgan fingerprint density at radius 3 is 2.65 bits per heavy atom. The van der Waals surface area contributed by atoms with E-state index in [0.717, 1.165) is 6.26 Å². The molecule has 7 nitrogen and oxygen atoms in total. The molecule has 0 radical (unpaired) electrons. The van der Waals surface area contributed by atoms with Crippen LogP contribution in [0.1, 0.15) is 20.3 Å². The van der Waals surface area contributed by atoms with Crippen molar-refractivity contribution in [3.05, 3.63) is 0 Å². The summed E-state index contributed by atoms with van der Waals surface area (Å²) in [6, 6.07) is -0.849. The lowest BCUT2D eigenvalue weighted by Gasteiger charge is -2.43. The molecule has 0 aliphatic carbocycles. The quantitative estimate of drug-likeness (QED) is 0.656. The van der Waals surface area contributed by atoms with Crippen LogP contribution in [0.2, 0.25) is 0 Å². The summed E-state index contributed by atoms with van der Waals surface area (Å²) < 4.78 is 27.8. The van der Waals surface area contributed by atoms with Crippen molar-refractivity contribution in [1.82, 2.24) is 4.90 Å². The molecule has 1 rings (SSSR count). The molecule has 0 saturated carbocycles. The third kappa shape index (κ3) is 5.35. The minimum atomic E-state index is -3.14. The SMILES string of the molecule is CC1(C)CN(C(=O)C(N)CCS(C)(=O)=O)CC(CO)O1. The Kier molecular flexibility index (Phi) is 5.54. The van der Waals surface area contributed by atoms with E-state index in [0.29, 0.717) is 6.54 Å². The van der Waals surface area contributed by atoms with Crippen molar-refractivity contribution in [2.45, 2.75) is 38.0 Å². The lowest BCUT2D eigenvalue weighted by Crippen LogP contribution is -2.58. The highest BCUT2D eigenvalue weighted by Gasteiger charge is 2.36. The zero-order valence-electron chi connectivity index (χ0n) is 12.2. The number of carbonyl (C=O) groups is 1. The van der Waals surface area contributed by atoms with Crippen LogP contribution in [0.15, 0.2) is 0 Å². The fourth-order valence-corrected chi connectivity index (χ4v) is 2.94. The first kappa shape index (κ1) is 17.4. The third-order valence-corrected chi connectivity index (χ3v) is 4.09. The zero-order valence-corrected chi connectivity index (χ0v) is 13.0. The number of morpholine rings is 1. The second kappa shape index (κ2) is 6.38. The Balaban J connectivity index is 2.65. The summed E-state index contributed by atoms with van der Waals surface area (Å²) in [4.78, 5) is 13.8. The maximum atomic E-state index is 12.2. The minimum Gasteiger partial charge on any atom is -0.394 e. The molecule has 3 N–H and O–H groups in total. The number of nitrogens with two attached hydrogens (primary N) is 1. The summed E-state index contributed by atoms with van der Waals surface area (Å²) in [5.74, 6) is -0.416. The standard InChI is InChI=1S/C12H24N2O5S/c1-12(2)8-14(6-9(7-15)19-12)11(16)10(13)4-5-20(3,17)18/h9-10,15H,4-8,13H2,1-3H3.